The number of hydrogen-bond donors (Lipinski definition) is 0. The van der Waals surface area contributed by atoms with Crippen molar-refractivity contribution in [1.29, 1.82) is 0 Å². The summed E-state index contributed by atoms with van der Waals surface area (Å²) in [5.74, 6) is 0.329. The lowest BCUT2D eigenvalue weighted by Gasteiger charge is -2.57. The van der Waals surface area contributed by atoms with Crippen LogP contribution in [0.4, 0.5) is 0 Å². The van der Waals surface area contributed by atoms with Gasteiger partial charge in [0.2, 0.25) is 5.91 Å². The number of benzene rings is 2. The first-order valence-electron chi connectivity index (χ1n) is 10.0. The number of hydrogen-bond acceptors (Lipinski definition) is 2. The predicted octanol–water partition coefficient (Wildman–Crippen LogP) is 4.86. The summed E-state index contributed by atoms with van der Waals surface area (Å²) in [6.07, 6.45) is 0. The van der Waals surface area contributed by atoms with Crippen LogP contribution in [0.25, 0.3) is 0 Å². The average Bonchev–Trinajstić information content (AvgIpc) is 2.87. The van der Waals surface area contributed by atoms with Gasteiger partial charge in [-0.25, -0.2) is 0 Å². The SMILES string of the molecule is C[Si]1(C)CC[Si](C)(C)N1C1C(=O)N(Cc2ccccc2)C1c1ccccc1. The van der Waals surface area contributed by atoms with Gasteiger partial charge in [0.25, 0.3) is 0 Å². The maximum absolute atomic E-state index is 13.4. The number of rotatable bonds is 4. The molecule has 2 aliphatic heterocycles. The molecule has 0 spiro atoms. The van der Waals surface area contributed by atoms with Gasteiger partial charge in [0.1, 0.15) is 22.5 Å². The van der Waals surface area contributed by atoms with Crippen LogP contribution in [-0.4, -0.2) is 37.6 Å². The maximum atomic E-state index is 13.4. The van der Waals surface area contributed by atoms with Gasteiger partial charge in [0.05, 0.1) is 6.04 Å². The molecule has 142 valence electrons. The van der Waals surface area contributed by atoms with Gasteiger partial charge in [0.15, 0.2) is 0 Å². The number of amides is 1. The summed E-state index contributed by atoms with van der Waals surface area (Å²) in [6, 6.07) is 23.9. The topological polar surface area (TPSA) is 23.6 Å². The Labute approximate surface area is 165 Å². The van der Waals surface area contributed by atoms with Crippen molar-refractivity contribution in [3.05, 3.63) is 71.8 Å². The van der Waals surface area contributed by atoms with Gasteiger partial charge < -0.3 is 9.13 Å². The third kappa shape index (κ3) is 3.22. The highest BCUT2D eigenvalue weighted by atomic mass is 28.4. The van der Waals surface area contributed by atoms with E-state index in [1.807, 2.05) is 6.07 Å². The van der Waals surface area contributed by atoms with Gasteiger partial charge in [0, 0.05) is 6.54 Å². The molecule has 5 heteroatoms. The smallest absolute Gasteiger partial charge is 0.242 e. The molecule has 0 radical (unpaired) electrons. The number of nitrogens with zero attached hydrogens (tertiary/aromatic N) is 2. The third-order valence-electron chi connectivity index (χ3n) is 6.44. The molecule has 0 aliphatic carbocycles. The third-order valence-corrected chi connectivity index (χ3v) is 16.7. The van der Waals surface area contributed by atoms with E-state index >= 15 is 0 Å². The van der Waals surface area contributed by atoms with E-state index in [2.05, 4.69) is 89.9 Å². The fraction of sp³-hybridized carbons (Fsp3) is 0.409. The van der Waals surface area contributed by atoms with Crippen molar-refractivity contribution < 1.29 is 4.79 Å². The Kier molecular flexibility index (Phi) is 4.65. The second-order valence-corrected chi connectivity index (χ2v) is 18.9. The van der Waals surface area contributed by atoms with E-state index in [-0.39, 0.29) is 12.1 Å². The fourth-order valence-corrected chi connectivity index (χ4v) is 19.8. The van der Waals surface area contributed by atoms with Crippen LogP contribution in [0.15, 0.2) is 60.7 Å². The lowest BCUT2D eigenvalue weighted by atomic mass is 9.88. The van der Waals surface area contributed by atoms with Crippen LogP contribution in [-0.2, 0) is 11.3 Å². The van der Waals surface area contributed by atoms with Crippen LogP contribution < -0.4 is 0 Å². The number of carbonyl (C=O) groups excluding carboxylic acids is 1. The molecular formula is C22H30N2OSi2. The van der Waals surface area contributed by atoms with E-state index in [9.17, 15) is 4.79 Å². The largest absolute Gasteiger partial charge is 0.333 e. The molecule has 2 saturated heterocycles. The van der Waals surface area contributed by atoms with E-state index in [0.29, 0.717) is 12.5 Å². The Morgan fingerprint density at radius 1 is 0.815 bits per heavy atom. The molecule has 3 nitrogen and oxygen atoms in total. The summed E-state index contributed by atoms with van der Waals surface area (Å²) in [6.45, 7) is 10.6. The zero-order valence-electron chi connectivity index (χ0n) is 16.9. The standard InChI is InChI=1S/C22H30N2OSi2/c1-26(2)15-16-27(3,4)24(26)21-20(19-13-9-6-10-14-19)23(22(21)25)17-18-11-7-5-8-12-18/h5-14,20-21H,15-17H2,1-4H3. The average molecular weight is 395 g/mol. The van der Waals surface area contributed by atoms with Gasteiger partial charge in [-0.2, -0.15) is 0 Å². The van der Waals surface area contributed by atoms with Crippen molar-refractivity contribution >= 4 is 22.4 Å². The molecule has 0 bridgehead atoms. The minimum Gasteiger partial charge on any atom is -0.333 e. The Morgan fingerprint density at radius 3 is 1.89 bits per heavy atom. The van der Waals surface area contributed by atoms with E-state index in [1.165, 1.54) is 23.2 Å². The van der Waals surface area contributed by atoms with Gasteiger partial charge >= 0.3 is 0 Å². The summed E-state index contributed by atoms with van der Waals surface area (Å²) in [4.78, 5) is 15.5. The van der Waals surface area contributed by atoms with E-state index in [0.717, 1.165) is 0 Å². The van der Waals surface area contributed by atoms with Crippen molar-refractivity contribution in [3.8, 4) is 0 Å². The molecule has 0 saturated carbocycles. The normalized spacial score (nSPS) is 26.8. The first-order chi connectivity index (χ1) is 12.8. The molecule has 2 aromatic rings. The zero-order chi connectivity index (χ0) is 19.2. The summed E-state index contributed by atoms with van der Waals surface area (Å²) in [5, 5.41) is 0. The molecule has 2 fully saturated rings. The molecule has 1 amide bonds. The fourth-order valence-electron chi connectivity index (χ4n) is 5.18. The van der Waals surface area contributed by atoms with Crippen LogP contribution in [0.5, 0.6) is 0 Å². The number of β-lactam (4-membered cyclic amide) rings is 1. The second kappa shape index (κ2) is 6.72. The Bertz CT molecular complexity index is 807. The van der Waals surface area contributed by atoms with Crippen molar-refractivity contribution in [2.75, 3.05) is 0 Å². The van der Waals surface area contributed by atoms with Gasteiger partial charge in [-0.3, -0.25) is 4.79 Å². The van der Waals surface area contributed by atoms with Crippen LogP contribution in [0.1, 0.15) is 17.2 Å². The maximum Gasteiger partial charge on any atom is 0.242 e. The van der Waals surface area contributed by atoms with Crippen LogP contribution in [0, 0.1) is 0 Å². The molecule has 2 atom stereocenters. The molecule has 2 aliphatic rings. The molecule has 2 heterocycles. The summed E-state index contributed by atoms with van der Waals surface area (Å²) < 4.78 is 2.78. The molecule has 4 rings (SSSR count). The van der Waals surface area contributed by atoms with Crippen LogP contribution in [0.2, 0.25) is 38.3 Å². The van der Waals surface area contributed by atoms with Crippen molar-refractivity contribution in [1.82, 2.24) is 9.13 Å². The van der Waals surface area contributed by atoms with Crippen LogP contribution >= 0.6 is 0 Å². The lowest BCUT2D eigenvalue weighted by Crippen LogP contribution is -2.73. The minimum atomic E-state index is -1.53. The lowest BCUT2D eigenvalue weighted by molar-refractivity contribution is -0.155. The Hall–Kier alpha value is -1.70. The van der Waals surface area contributed by atoms with E-state index in [4.69, 9.17) is 0 Å². The second-order valence-electron chi connectivity index (χ2n) is 9.25. The molecular weight excluding hydrogens is 364 g/mol. The number of carbonyl (C=O) groups is 1. The minimum absolute atomic E-state index is 0.0435. The first kappa shape index (κ1) is 18.7. The molecule has 0 N–H and O–H groups in total. The predicted molar refractivity (Wildman–Crippen MR) is 116 cm³/mol. The molecule has 27 heavy (non-hydrogen) atoms. The highest BCUT2D eigenvalue weighted by Crippen LogP contribution is 2.48. The summed E-state index contributed by atoms with van der Waals surface area (Å²) in [5.41, 5.74) is 2.49. The molecule has 0 aromatic heterocycles. The van der Waals surface area contributed by atoms with Gasteiger partial charge in [-0.15, -0.1) is 0 Å². The molecule has 2 unspecified atom stereocenters. The Morgan fingerprint density at radius 2 is 1.33 bits per heavy atom. The van der Waals surface area contributed by atoms with Crippen molar-refractivity contribution in [2.24, 2.45) is 0 Å². The highest BCUT2D eigenvalue weighted by Gasteiger charge is 2.60. The monoisotopic (exact) mass is 394 g/mol. The first-order valence-corrected chi connectivity index (χ1v) is 16.3. The molecule has 2 aromatic carbocycles. The highest BCUT2D eigenvalue weighted by molar-refractivity contribution is 6.95. The van der Waals surface area contributed by atoms with Crippen molar-refractivity contribution in [2.45, 2.75) is 56.9 Å². The zero-order valence-corrected chi connectivity index (χ0v) is 18.9. The van der Waals surface area contributed by atoms with Crippen LogP contribution in [0.3, 0.4) is 0 Å². The van der Waals surface area contributed by atoms with E-state index < -0.39 is 16.5 Å². The van der Waals surface area contributed by atoms with Crippen molar-refractivity contribution in [3.63, 3.8) is 0 Å². The summed E-state index contributed by atoms with van der Waals surface area (Å²) in [7, 11) is -3.06. The van der Waals surface area contributed by atoms with Gasteiger partial charge in [-0.1, -0.05) is 86.9 Å². The van der Waals surface area contributed by atoms with E-state index in [1.54, 1.807) is 0 Å². The van der Waals surface area contributed by atoms with Gasteiger partial charge in [-0.05, 0) is 23.2 Å². The number of likely N-dealkylation sites (tertiary alicyclic amines) is 1. The summed E-state index contributed by atoms with van der Waals surface area (Å²) >= 11 is 0. The quantitative estimate of drug-likeness (QED) is 0.546. The Balaban J connectivity index is 1.70.